The number of anilines is 2. The normalized spacial score (nSPS) is 14.6. The Morgan fingerprint density at radius 1 is 1.04 bits per heavy atom. The topological polar surface area (TPSA) is 90.7 Å². The minimum Gasteiger partial charge on any atom is -0.367 e. The molecule has 0 unspecified atom stereocenters. The third-order valence-corrected chi connectivity index (χ3v) is 4.42. The fourth-order valence-corrected chi connectivity index (χ4v) is 2.94. The third kappa shape index (κ3) is 4.81. The molecule has 1 fully saturated rings. The van der Waals surface area contributed by atoms with Gasteiger partial charge in [0.1, 0.15) is 11.6 Å². The summed E-state index contributed by atoms with van der Waals surface area (Å²) in [5.74, 6) is 3.34. The molecule has 3 rings (SSSR count). The number of carbonyl (C=O) groups excluding carboxylic acids is 2. The van der Waals surface area contributed by atoms with Crippen LogP contribution in [0.3, 0.4) is 0 Å². The van der Waals surface area contributed by atoms with E-state index in [-0.39, 0.29) is 12.1 Å². The molecule has 0 radical (unpaired) electrons. The molecular formula is C19H21F2N5O2. The first kappa shape index (κ1) is 19.7. The number of rotatable bonds is 5. The smallest absolute Gasteiger partial charge is 0.254 e. The van der Waals surface area contributed by atoms with E-state index in [1.165, 1.54) is 30.3 Å². The number of nitrogens with zero attached hydrogens (tertiary/aromatic N) is 2. The molecular weight excluding hydrogens is 368 g/mol. The molecule has 9 heteroatoms. The van der Waals surface area contributed by atoms with Crippen molar-refractivity contribution in [3.63, 3.8) is 0 Å². The number of hydrazine groups is 1. The first-order chi connectivity index (χ1) is 13.4. The molecule has 2 aromatic rings. The molecule has 1 aliphatic rings. The zero-order chi connectivity index (χ0) is 20.1. The summed E-state index contributed by atoms with van der Waals surface area (Å²) in [6.07, 6.45) is 0. The molecule has 4 N–H and O–H groups in total. The van der Waals surface area contributed by atoms with Crippen molar-refractivity contribution < 1.29 is 18.4 Å². The van der Waals surface area contributed by atoms with Crippen LogP contribution in [0.15, 0.2) is 42.5 Å². The average Bonchev–Trinajstić information content (AvgIpc) is 2.67. The van der Waals surface area contributed by atoms with Gasteiger partial charge < -0.3 is 15.5 Å². The Labute approximate surface area is 161 Å². The minimum atomic E-state index is -0.702. The van der Waals surface area contributed by atoms with Gasteiger partial charge >= 0.3 is 0 Å². The van der Waals surface area contributed by atoms with Crippen molar-refractivity contribution in [2.45, 2.75) is 0 Å². The van der Waals surface area contributed by atoms with E-state index >= 15 is 0 Å². The van der Waals surface area contributed by atoms with Gasteiger partial charge in [0.25, 0.3) is 5.91 Å². The van der Waals surface area contributed by atoms with Crippen LogP contribution in [0.1, 0.15) is 10.4 Å². The maximum Gasteiger partial charge on any atom is 0.254 e. The fraction of sp³-hybridized carbons (Fsp3) is 0.263. The van der Waals surface area contributed by atoms with Crippen molar-refractivity contribution in [2.75, 3.05) is 42.9 Å². The molecule has 0 bridgehead atoms. The lowest BCUT2D eigenvalue weighted by molar-refractivity contribution is -0.115. The van der Waals surface area contributed by atoms with Gasteiger partial charge in [0.2, 0.25) is 5.91 Å². The SMILES string of the molecule is NN1CCN(c2ccc(F)cc2NC(=O)CNC(=O)c2ccccc2F)CC1. The van der Waals surface area contributed by atoms with Gasteiger partial charge in [0.15, 0.2) is 0 Å². The minimum absolute atomic E-state index is 0.151. The van der Waals surface area contributed by atoms with Gasteiger partial charge in [-0.05, 0) is 30.3 Å². The number of piperazine rings is 1. The Bertz CT molecular complexity index is 869. The average molecular weight is 389 g/mol. The van der Waals surface area contributed by atoms with E-state index in [4.69, 9.17) is 5.84 Å². The maximum absolute atomic E-state index is 13.7. The van der Waals surface area contributed by atoms with E-state index in [0.717, 1.165) is 6.07 Å². The van der Waals surface area contributed by atoms with Crippen molar-refractivity contribution in [1.82, 2.24) is 10.3 Å². The van der Waals surface area contributed by atoms with Gasteiger partial charge in [-0.3, -0.25) is 15.4 Å². The number of benzene rings is 2. The van der Waals surface area contributed by atoms with Gasteiger partial charge in [0.05, 0.1) is 23.5 Å². The monoisotopic (exact) mass is 389 g/mol. The van der Waals surface area contributed by atoms with Crippen LogP contribution < -0.4 is 21.4 Å². The summed E-state index contributed by atoms with van der Waals surface area (Å²) in [5, 5.41) is 6.66. The second-order valence-electron chi connectivity index (χ2n) is 6.40. The van der Waals surface area contributed by atoms with Crippen LogP contribution in [0.25, 0.3) is 0 Å². The Morgan fingerprint density at radius 3 is 2.46 bits per heavy atom. The Balaban J connectivity index is 1.64. The molecule has 2 aromatic carbocycles. The van der Waals surface area contributed by atoms with Crippen LogP contribution in [0.2, 0.25) is 0 Å². The molecule has 1 heterocycles. The summed E-state index contributed by atoms with van der Waals surface area (Å²) in [6, 6.07) is 9.61. The van der Waals surface area contributed by atoms with Gasteiger partial charge in [-0.1, -0.05) is 12.1 Å². The van der Waals surface area contributed by atoms with E-state index in [1.807, 2.05) is 4.90 Å². The lowest BCUT2D eigenvalue weighted by Gasteiger charge is -2.34. The largest absolute Gasteiger partial charge is 0.367 e. The van der Waals surface area contributed by atoms with Crippen molar-refractivity contribution in [3.05, 3.63) is 59.7 Å². The molecule has 0 aromatic heterocycles. The van der Waals surface area contributed by atoms with Crippen molar-refractivity contribution in [1.29, 1.82) is 0 Å². The number of amides is 2. The Hall–Kier alpha value is -3.04. The highest BCUT2D eigenvalue weighted by Crippen LogP contribution is 2.27. The van der Waals surface area contributed by atoms with Gasteiger partial charge in [-0.25, -0.2) is 13.8 Å². The third-order valence-electron chi connectivity index (χ3n) is 4.42. The molecule has 0 aliphatic carbocycles. The van der Waals surface area contributed by atoms with Gasteiger partial charge in [0, 0.05) is 26.2 Å². The van der Waals surface area contributed by atoms with Crippen LogP contribution in [-0.4, -0.2) is 49.5 Å². The lowest BCUT2D eigenvalue weighted by atomic mass is 10.2. The lowest BCUT2D eigenvalue weighted by Crippen LogP contribution is -2.49. The molecule has 148 valence electrons. The highest BCUT2D eigenvalue weighted by Gasteiger charge is 2.19. The number of halogens is 2. The standard InChI is InChI=1S/C19H21F2N5O2/c20-13-5-6-17(25-7-9-26(22)10-8-25)16(11-13)24-18(27)12-23-19(28)14-3-1-2-4-15(14)21/h1-6,11H,7-10,12,22H2,(H,23,28)(H,24,27). The van der Waals surface area contributed by atoms with Gasteiger partial charge in [-0.2, -0.15) is 0 Å². The number of carbonyl (C=O) groups is 2. The number of nitrogens with one attached hydrogen (secondary N) is 2. The second-order valence-corrected chi connectivity index (χ2v) is 6.40. The number of hydrogen-bond acceptors (Lipinski definition) is 5. The van der Waals surface area contributed by atoms with E-state index in [2.05, 4.69) is 10.6 Å². The van der Waals surface area contributed by atoms with E-state index in [9.17, 15) is 18.4 Å². The predicted molar refractivity (Wildman–Crippen MR) is 102 cm³/mol. The van der Waals surface area contributed by atoms with Crippen molar-refractivity contribution in [3.8, 4) is 0 Å². The molecule has 28 heavy (non-hydrogen) atoms. The molecule has 0 saturated carbocycles. The van der Waals surface area contributed by atoms with E-state index in [0.29, 0.717) is 37.6 Å². The van der Waals surface area contributed by atoms with Crippen LogP contribution in [0, 0.1) is 11.6 Å². The van der Waals surface area contributed by atoms with Gasteiger partial charge in [-0.15, -0.1) is 0 Å². The van der Waals surface area contributed by atoms with Crippen LogP contribution in [0.4, 0.5) is 20.2 Å². The molecule has 7 nitrogen and oxygen atoms in total. The zero-order valence-electron chi connectivity index (χ0n) is 15.1. The van der Waals surface area contributed by atoms with E-state index < -0.39 is 23.4 Å². The first-order valence-corrected chi connectivity index (χ1v) is 8.81. The maximum atomic E-state index is 13.7. The van der Waals surface area contributed by atoms with Crippen molar-refractivity contribution in [2.24, 2.45) is 5.84 Å². The second kappa shape index (κ2) is 8.77. The highest BCUT2D eigenvalue weighted by atomic mass is 19.1. The number of hydrogen-bond donors (Lipinski definition) is 3. The Kier molecular flexibility index (Phi) is 6.17. The molecule has 0 spiro atoms. The fourth-order valence-electron chi connectivity index (χ4n) is 2.94. The summed E-state index contributed by atoms with van der Waals surface area (Å²) in [5.41, 5.74) is 0.820. The highest BCUT2D eigenvalue weighted by molar-refractivity contribution is 6.00. The molecule has 0 atom stereocenters. The molecule has 2 amide bonds. The zero-order valence-corrected chi connectivity index (χ0v) is 15.1. The predicted octanol–water partition coefficient (Wildman–Crippen LogP) is 1.33. The molecule has 1 aliphatic heterocycles. The number of nitrogens with two attached hydrogens (primary N) is 1. The summed E-state index contributed by atoms with van der Waals surface area (Å²) in [4.78, 5) is 26.2. The first-order valence-electron chi connectivity index (χ1n) is 8.81. The van der Waals surface area contributed by atoms with Crippen LogP contribution in [-0.2, 0) is 4.79 Å². The van der Waals surface area contributed by atoms with Crippen molar-refractivity contribution >= 4 is 23.2 Å². The summed E-state index contributed by atoms with van der Waals surface area (Å²) in [7, 11) is 0. The summed E-state index contributed by atoms with van der Waals surface area (Å²) < 4.78 is 27.3. The summed E-state index contributed by atoms with van der Waals surface area (Å²) in [6.45, 7) is 2.18. The summed E-state index contributed by atoms with van der Waals surface area (Å²) >= 11 is 0. The Morgan fingerprint density at radius 2 is 1.75 bits per heavy atom. The van der Waals surface area contributed by atoms with Crippen LogP contribution in [0.5, 0.6) is 0 Å². The quantitative estimate of drug-likeness (QED) is 0.672. The van der Waals surface area contributed by atoms with Crippen LogP contribution >= 0.6 is 0 Å². The van der Waals surface area contributed by atoms with E-state index in [1.54, 1.807) is 11.1 Å². The molecule has 1 saturated heterocycles.